The minimum Gasteiger partial charge on any atom is -0.455 e. The molecule has 0 unspecified atom stereocenters. The highest BCUT2D eigenvalue weighted by molar-refractivity contribution is 6.05. The summed E-state index contributed by atoms with van der Waals surface area (Å²) in [6, 6.07) is 12.8. The third-order valence-electron chi connectivity index (χ3n) is 11.8. The Bertz CT molecular complexity index is 1640. The lowest BCUT2D eigenvalue weighted by Crippen LogP contribution is -2.60. The van der Waals surface area contributed by atoms with Crippen molar-refractivity contribution in [2.24, 2.45) is 17.8 Å². The van der Waals surface area contributed by atoms with Crippen molar-refractivity contribution in [2.75, 3.05) is 25.1 Å². The predicted octanol–water partition coefficient (Wildman–Crippen LogP) is 5.70. The van der Waals surface area contributed by atoms with Gasteiger partial charge in [-0.25, -0.2) is 0 Å². The largest absolute Gasteiger partial charge is 0.455 e. The lowest BCUT2D eigenvalue weighted by atomic mass is 9.70. The Morgan fingerprint density at radius 2 is 1.75 bits per heavy atom. The summed E-state index contributed by atoms with van der Waals surface area (Å²) in [5.41, 5.74) is 1.94. The number of carbonyl (C=O) groups is 4. The molecule has 3 amide bonds. The average molecular weight is 714 g/mol. The third kappa shape index (κ3) is 6.83. The minimum atomic E-state index is -1.30. The van der Waals surface area contributed by atoms with Crippen molar-refractivity contribution in [3.05, 3.63) is 90.5 Å². The molecule has 9 atom stereocenters. The van der Waals surface area contributed by atoms with E-state index in [0.29, 0.717) is 31.2 Å². The number of allylic oxidation sites excluding steroid dienone is 1. The van der Waals surface area contributed by atoms with E-state index in [1.165, 1.54) is 4.90 Å². The molecule has 10 nitrogen and oxygen atoms in total. The maximum absolute atomic E-state index is 15.2. The number of esters is 1. The smallest absolute Gasteiger partial charge is 0.313 e. The van der Waals surface area contributed by atoms with Crippen LogP contribution < -0.4 is 4.90 Å². The van der Waals surface area contributed by atoms with Crippen LogP contribution in [0, 0.1) is 31.6 Å². The maximum atomic E-state index is 15.2. The highest BCUT2D eigenvalue weighted by atomic mass is 16.6. The standard InChI is InChI=1S/C42H55N3O7/c1-9-12-21-33(47)43(8)29(7)37(30-19-14-13-15-20-30)51-41(50)34-32-22-23-42(52-32)35(34)39(48)45(31(25-46)26(4)11-3)38(42)40(49)44(24-10-2)36-27(5)17-16-18-28(36)6/h9-10,13-20,26,29,31-32,34-35,37-38,46H,1-2,11-12,21-25H2,3-8H3/t26-,29+,31-,32+,34-,35-,37-,38+,42-/m0/s1. The molecule has 3 fully saturated rings. The number of aliphatic hydroxyl groups excluding tert-OH is 1. The molecule has 3 aliphatic rings. The van der Waals surface area contributed by atoms with Crippen molar-refractivity contribution in [3.63, 3.8) is 0 Å². The average Bonchev–Trinajstić information content (AvgIpc) is 3.79. The van der Waals surface area contributed by atoms with Crippen LogP contribution in [0.15, 0.2) is 73.8 Å². The second-order valence-corrected chi connectivity index (χ2v) is 14.8. The highest BCUT2D eigenvalue weighted by Crippen LogP contribution is 2.60. The normalized spacial score (nSPS) is 25.5. The van der Waals surface area contributed by atoms with Crippen LogP contribution in [0.5, 0.6) is 0 Å². The summed E-state index contributed by atoms with van der Waals surface area (Å²) in [7, 11) is 1.69. The second kappa shape index (κ2) is 16.2. The molecule has 5 rings (SSSR count). The number of aliphatic hydroxyl groups is 1. The molecule has 2 aromatic rings. The van der Waals surface area contributed by atoms with E-state index in [2.05, 4.69) is 13.2 Å². The number of amides is 3. The summed E-state index contributed by atoms with van der Waals surface area (Å²) in [4.78, 5) is 62.5. The second-order valence-electron chi connectivity index (χ2n) is 14.8. The fraction of sp³-hybridized carbons (Fsp3) is 0.524. The number of nitrogens with zero attached hydrogens (tertiary/aromatic N) is 3. The van der Waals surface area contributed by atoms with Gasteiger partial charge in [0.05, 0.1) is 36.6 Å². The zero-order valence-electron chi connectivity index (χ0n) is 31.5. The zero-order chi connectivity index (χ0) is 37.9. The van der Waals surface area contributed by atoms with Crippen LogP contribution in [-0.2, 0) is 28.7 Å². The van der Waals surface area contributed by atoms with Gasteiger partial charge < -0.3 is 29.3 Å². The highest BCUT2D eigenvalue weighted by Gasteiger charge is 2.76. The number of anilines is 1. The first-order valence-corrected chi connectivity index (χ1v) is 18.6. The number of likely N-dealkylation sites (N-methyl/N-ethyl adjacent to an activating group) is 1. The first kappa shape index (κ1) is 38.9. The van der Waals surface area contributed by atoms with E-state index in [0.717, 1.165) is 16.8 Å². The summed E-state index contributed by atoms with van der Waals surface area (Å²) in [5.74, 6) is -3.55. The lowest BCUT2D eigenvalue weighted by molar-refractivity contribution is -0.165. The van der Waals surface area contributed by atoms with Gasteiger partial charge in [-0.05, 0) is 62.6 Å². The molecule has 0 aliphatic carbocycles. The van der Waals surface area contributed by atoms with Gasteiger partial charge in [0, 0.05) is 25.7 Å². The molecule has 2 bridgehead atoms. The van der Waals surface area contributed by atoms with Crippen molar-refractivity contribution >= 4 is 29.4 Å². The topological polar surface area (TPSA) is 117 Å². The quantitative estimate of drug-likeness (QED) is 0.175. The van der Waals surface area contributed by atoms with Crippen molar-refractivity contribution < 1.29 is 33.8 Å². The van der Waals surface area contributed by atoms with E-state index in [9.17, 15) is 19.5 Å². The van der Waals surface area contributed by atoms with E-state index in [-0.39, 0.29) is 43.2 Å². The van der Waals surface area contributed by atoms with Gasteiger partial charge in [0.15, 0.2) is 0 Å². The molecule has 52 heavy (non-hydrogen) atoms. The lowest BCUT2D eigenvalue weighted by Gasteiger charge is -2.41. The van der Waals surface area contributed by atoms with Crippen molar-refractivity contribution in [1.29, 1.82) is 0 Å². The van der Waals surface area contributed by atoms with Crippen LogP contribution >= 0.6 is 0 Å². The Labute approximate surface area is 308 Å². The van der Waals surface area contributed by atoms with Crippen LogP contribution in [0.4, 0.5) is 5.69 Å². The fourth-order valence-electron chi connectivity index (χ4n) is 8.73. The summed E-state index contributed by atoms with van der Waals surface area (Å²) in [6.45, 7) is 17.2. The number of rotatable bonds is 16. The van der Waals surface area contributed by atoms with Crippen molar-refractivity contribution in [1.82, 2.24) is 9.80 Å². The molecule has 1 spiro atoms. The van der Waals surface area contributed by atoms with Crippen LogP contribution in [0.3, 0.4) is 0 Å². The molecule has 0 aromatic heterocycles. The zero-order valence-corrected chi connectivity index (χ0v) is 31.5. The van der Waals surface area contributed by atoms with Gasteiger partial charge in [-0.2, -0.15) is 0 Å². The maximum Gasteiger partial charge on any atom is 0.313 e. The summed E-state index contributed by atoms with van der Waals surface area (Å²) < 4.78 is 13.1. The van der Waals surface area contributed by atoms with Gasteiger partial charge >= 0.3 is 5.97 Å². The monoisotopic (exact) mass is 713 g/mol. The van der Waals surface area contributed by atoms with E-state index in [1.54, 1.807) is 29.0 Å². The molecule has 3 aliphatic heterocycles. The van der Waals surface area contributed by atoms with E-state index < -0.39 is 53.7 Å². The number of likely N-dealkylation sites (tertiary alicyclic amines) is 1. The number of carbonyl (C=O) groups excluding carboxylic acids is 4. The van der Waals surface area contributed by atoms with Gasteiger partial charge in [0.25, 0.3) is 5.91 Å². The summed E-state index contributed by atoms with van der Waals surface area (Å²) >= 11 is 0. The Kier molecular flexibility index (Phi) is 12.1. The fourth-order valence-corrected chi connectivity index (χ4v) is 8.73. The number of hydrogen-bond donors (Lipinski definition) is 1. The number of benzene rings is 2. The summed E-state index contributed by atoms with van der Waals surface area (Å²) in [6.07, 6.45) is 4.20. The Balaban J connectivity index is 1.56. The molecular formula is C42H55N3O7. The van der Waals surface area contributed by atoms with Crippen molar-refractivity contribution in [3.8, 4) is 0 Å². The molecule has 10 heteroatoms. The SMILES string of the molecule is C=CCCC(=O)N(C)[C@H](C)[C@H](OC(=O)[C@@H]1[C@H]2C(=O)N([C@@H](CO)[C@@H](C)CC)[C@H](C(=O)N(CC=C)c3c(C)cccc3C)[C@]23CC[C@H]1O3)c1ccccc1. The number of para-hydroxylation sites is 1. The Morgan fingerprint density at radius 1 is 1.08 bits per heavy atom. The van der Waals surface area contributed by atoms with Gasteiger partial charge in [0.2, 0.25) is 11.8 Å². The molecular weight excluding hydrogens is 658 g/mol. The third-order valence-corrected chi connectivity index (χ3v) is 11.8. The molecule has 3 heterocycles. The predicted molar refractivity (Wildman–Crippen MR) is 200 cm³/mol. The van der Waals surface area contributed by atoms with Crippen LogP contribution in [0.1, 0.15) is 75.7 Å². The van der Waals surface area contributed by atoms with E-state index in [1.807, 2.05) is 83.1 Å². The molecule has 2 aromatic carbocycles. The van der Waals surface area contributed by atoms with Crippen LogP contribution in [-0.4, -0.2) is 88.6 Å². The molecule has 0 radical (unpaired) electrons. The van der Waals surface area contributed by atoms with E-state index in [4.69, 9.17) is 9.47 Å². The molecule has 1 N–H and O–H groups in total. The van der Waals surface area contributed by atoms with Crippen LogP contribution in [0.25, 0.3) is 0 Å². The van der Waals surface area contributed by atoms with Crippen LogP contribution in [0.2, 0.25) is 0 Å². The number of hydrogen-bond acceptors (Lipinski definition) is 7. The number of fused-ring (bicyclic) bond motifs is 1. The first-order chi connectivity index (χ1) is 24.9. The Hall–Kier alpha value is -4.28. The van der Waals surface area contributed by atoms with Gasteiger partial charge in [0.1, 0.15) is 17.7 Å². The van der Waals surface area contributed by atoms with Crippen molar-refractivity contribution in [2.45, 2.75) is 103 Å². The first-order valence-electron chi connectivity index (χ1n) is 18.6. The summed E-state index contributed by atoms with van der Waals surface area (Å²) in [5, 5.41) is 10.8. The molecule has 3 saturated heterocycles. The minimum absolute atomic E-state index is 0.109. The molecule has 0 saturated carbocycles. The Morgan fingerprint density at radius 3 is 2.35 bits per heavy atom. The molecule has 280 valence electrons. The van der Waals surface area contributed by atoms with Gasteiger partial charge in [-0.15, -0.1) is 13.2 Å². The number of aryl methyl sites for hydroxylation is 2. The van der Waals surface area contributed by atoms with Gasteiger partial charge in [-0.1, -0.05) is 81.0 Å². The van der Waals surface area contributed by atoms with E-state index >= 15 is 4.79 Å². The number of ether oxygens (including phenoxy) is 2. The van der Waals surface area contributed by atoms with Gasteiger partial charge in [-0.3, -0.25) is 19.2 Å².